The van der Waals surface area contributed by atoms with E-state index < -0.39 is 0 Å². The lowest BCUT2D eigenvalue weighted by atomic mass is 9.62. The maximum atomic E-state index is 4.18. The van der Waals surface area contributed by atoms with E-state index in [0.29, 0.717) is 35.6 Å². The molecule has 0 fully saturated rings. The van der Waals surface area contributed by atoms with Crippen LogP contribution in [0, 0.1) is 53.3 Å². The number of fused-ring (bicyclic) bond motifs is 1. The Morgan fingerprint density at radius 3 is 2.58 bits per heavy atom. The number of hydrogen-bond acceptors (Lipinski definition) is 1. The van der Waals surface area contributed by atoms with E-state index in [1.165, 1.54) is 108 Å². The summed E-state index contributed by atoms with van der Waals surface area (Å²) in [5.74, 6) is 6.32. The molecule has 1 heteroatoms. The van der Waals surface area contributed by atoms with E-state index in [9.17, 15) is 0 Å². The van der Waals surface area contributed by atoms with Crippen LogP contribution in [-0.2, 0) is 0 Å². The van der Waals surface area contributed by atoms with Crippen molar-refractivity contribution in [1.82, 2.24) is 5.32 Å². The lowest BCUT2D eigenvalue weighted by Crippen LogP contribution is -2.37. The molecule has 0 aromatic carbocycles. The van der Waals surface area contributed by atoms with Gasteiger partial charge in [0.05, 0.1) is 0 Å². The Hall–Kier alpha value is -2.38. The molecule has 0 aliphatic heterocycles. The number of nitrogens with one attached hydrogen (secondary N) is 1. The largest absolute Gasteiger partial charge is 0.313 e. The normalized spacial score (nSPS) is 33.8. The van der Waals surface area contributed by atoms with Gasteiger partial charge in [-0.2, -0.15) is 0 Å². The molecule has 0 heterocycles. The summed E-state index contributed by atoms with van der Waals surface area (Å²) in [7, 11) is 0. The first-order valence-electron chi connectivity index (χ1n) is 20.3. The average molecular weight is 646 g/mol. The summed E-state index contributed by atoms with van der Waals surface area (Å²) < 4.78 is 0. The van der Waals surface area contributed by atoms with Gasteiger partial charge in [0, 0.05) is 12.6 Å². The molecule has 48 heavy (non-hydrogen) atoms. The molecule has 0 bridgehead atoms. The van der Waals surface area contributed by atoms with E-state index in [2.05, 4.69) is 93.1 Å². The highest BCUT2D eigenvalue weighted by atomic mass is 14.9. The van der Waals surface area contributed by atoms with Gasteiger partial charge in [-0.1, -0.05) is 104 Å². The van der Waals surface area contributed by atoms with Crippen LogP contribution < -0.4 is 5.32 Å². The lowest BCUT2D eigenvalue weighted by Gasteiger charge is -2.43. The zero-order valence-electron chi connectivity index (χ0n) is 30.6. The van der Waals surface area contributed by atoms with Crippen molar-refractivity contribution in [3.8, 4) is 0 Å². The predicted molar refractivity (Wildman–Crippen MR) is 209 cm³/mol. The highest BCUT2D eigenvalue weighted by Crippen LogP contribution is 2.47. The highest BCUT2D eigenvalue weighted by molar-refractivity contribution is 5.32. The molecule has 10 unspecified atom stereocenters. The standard InChI is InChI=1S/C47H67N/c1-5-34(3)36(6-2)25-26-39-28-30-45(47-22-13-12-21-46(39)47)35(4)23-24-43(33-48-44-29-27-38-17-10-11-18-42(38)32-44)41-20-14-19-40(31-41)37-15-8-7-9-16-37/h5-8,11-12,18,20-21,25,28,30,34-35,37,39-40,43-48H,1-2,9-10,13-17,19,22-24,26-27,29,31-33H2,3-4H3/b36-25+. The fourth-order valence-corrected chi connectivity index (χ4v) is 10.5. The predicted octanol–water partition coefficient (Wildman–Crippen LogP) is 12.6. The molecular weight excluding hydrogens is 579 g/mol. The topological polar surface area (TPSA) is 12.0 Å². The Morgan fingerprint density at radius 2 is 1.75 bits per heavy atom. The molecule has 6 rings (SSSR count). The Bertz CT molecular complexity index is 1310. The third kappa shape index (κ3) is 8.85. The van der Waals surface area contributed by atoms with Crippen molar-refractivity contribution in [2.24, 2.45) is 53.3 Å². The van der Waals surface area contributed by atoms with Crippen LogP contribution >= 0.6 is 0 Å². The minimum atomic E-state index is 0.369. The van der Waals surface area contributed by atoms with Crippen LogP contribution in [0.4, 0.5) is 0 Å². The Kier molecular flexibility index (Phi) is 12.9. The van der Waals surface area contributed by atoms with Gasteiger partial charge in [-0.3, -0.25) is 0 Å². The minimum Gasteiger partial charge on any atom is -0.313 e. The second-order valence-corrected chi connectivity index (χ2v) is 16.6. The maximum absolute atomic E-state index is 4.18. The fourth-order valence-electron chi connectivity index (χ4n) is 10.5. The van der Waals surface area contributed by atoms with Gasteiger partial charge in [0.1, 0.15) is 0 Å². The van der Waals surface area contributed by atoms with E-state index in [-0.39, 0.29) is 0 Å². The molecule has 0 aromatic rings. The van der Waals surface area contributed by atoms with Crippen LogP contribution in [0.1, 0.15) is 117 Å². The van der Waals surface area contributed by atoms with Crippen molar-refractivity contribution in [1.29, 1.82) is 0 Å². The number of allylic oxidation sites excluding steroid dienone is 14. The zero-order chi connectivity index (χ0) is 33.3. The Labute approximate surface area is 295 Å². The summed E-state index contributed by atoms with van der Waals surface area (Å²) in [5.41, 5.74) is 6.54. The summed E-state index contributed by atoms with van der Waals surface area (Å²) in [4.78, 5) is 0. The van der Waals surface area contributed by atoms with Crippen molar-refractivity contribution in [3.63, 3.8) is 0 Å². The second-order valence-electron chi connectivity index (χ2n) is 16.6. The molecule has 0 radical (unpaired) electrons. The van der Waals surface area contributed by atoms with Gasteiger partial charge in [0.25, 0.3) is 0 Å². The first-order valence-corrected chi connectivity index (χ1v) is 20.3. The van der Waals surface area contributed by atoms with Gasteiger partial charge in [-0.05, 0) is 167 Å². The molecule has 0 amide bonds. The van der Waals surface area contributed by atoms with Crippen molar-refractivity contribution in [2.45, 2.75) is 123 Å². The first kappa shape index (κ1) is 35.4. The zero-order valence-corrected chi connectivity index (χ0v) is 30.6. The van der Waals surface area contributed by atoms with Crippen molar-refractivity contribution in [3.05, 3.63) is 108 Å². The summed E-state index contributed by atoms with van der Waals surface area (Å²) in [6.45, 7) is 14.1. The quantitative estimate of drug-likeness (QED) is 0.146. The van der Waals surface area contributed by atoms with Crippen LogP contribution in [0.3, 0.4) is 0 Å². The molecule has 0 saturated carbocycles. The molecule has 6 aliphatic carbocycles. The monoisotopic (exact) mass is 646 g/mol. The van der Waals surface area contributed by atoms with Gasteiger partial charge in [-0.25, -0.2) is 0 Å². The van der Waals surface area contributed by atoms with Gasteiger partial charge < -0.3 is 5.32 Å². The summed E-state index contributed by atoms with van der Waals surface area (Å²) in [6, 6.07) is 0.646. The third-order valence-corrected chi connectivity index (χ3v) is 13.7. The Morgan fingerprint density at radius 1 is 0.875 bits per heavy atom. The van der Waals surface area contributed by atoms with Crippen LogP contribution in [0.5, 0.6) is 0 Å². The van der Waals surface area contributed by atoms with Crippen LogP contribution in [0.2, 0.25) is 0 Å². The summed E-state index contributed by atoms with van der Waals surface area (Å²) >= 11 is 0. The van der Waals surface area contributed by atoms with Gasteiger partial charge in [0.15, 0.2) is 0 Å². The van der Waals surface area contributed by atoms with E-state index in [0.717, 1.165) is 30.1 Å². The molecule has 0 aromatic heterocycles. The molecule has 260 valence electrons. The summed E-state index contributed by atoms with van der Waals surface area (Å²) in [6.07, 6.45) is 50.2. The molecular formula is C47H67N. The van der Waals surface area contributed by atoms with E-state index in [1.807, 2.05) is 17.7 Å². The van der Waals surface area contributed by atoms with Crippen molar-refractivity contribution >= 4 is 0 Å². The van der Waals surface area contributed by atoms with E-state index in [4.69, 9.17) is 0 Å². The van der Waals surface area contributed by atoms with E-state index in [1.54, 1.807) is 11.1 Å². The van der Waals surface area contributed by atoms with E-state index >= 15 is 0 Å². The highest BCUT2D eigenvalue weighted by Gasteiger charge is 2.38. The molecule has 0 spiro atoms. The van der Waals surface area contributed by atoms with Gasteiger partial charge in [0.2, 0.25) is 0 Å². The fraction of sp³-hybridized carbons (Fsp3) is 0.617. The van der Waals surface area contributed by atoms with Gasteiger partial charge in [-0.15, -0.1) is 6.58 Å². The average Bonchev–Trinajstić information content (AvgIpc) is 3.15. The molecule has 6 aliphatic rings. The van der Waals surface area contributed by atoms with Crippen LogP contribution in [-0.4, -0.2) is 12.6 Å². The maximum Gasteiger partial charge on any atom is 0.0111 e. The van der Waals surface area contributed by atoms with Crippen LogP contribution in [0.15, 0.2) is 108 Å². The second kappa shape index (κ2) is 17.5. The molecule has 0 saturated heterocycles. The van der Waals surface area contributed by atoms with Crippen molar-refractivity contribution < 1.29 is 0 Å². The lowest BCUT2D eigenvalue weighted by molar-refractivity contribution is 0.161. The SMILES string of the molecule is C=C/C(=C\CC1C=CC(C(C)CCC(CNC2CCC3=C(C=CCC3)C2)C2=CCCC(C3CC=CCC3)C2)C2CCC=CC12)C(C)C=C. The number of hydrogen-bond donors (Lipinski definition) is 1. The smallest absolute Gasteiger partial charge is 0.0111 e. The van der Waals surface area contributed by atoms with Crippen LogP contribution in [0.25, 0.3) is 0 Å². The molecule has 1 nitrogen and oxygen atoms in total. The minimum absolute atomic E-state index is 0.369. The summed E-state index contributed by atoms with van der Waals surface area (Å²) in [5, 5.41) is 4.18. The number of rotatable bonds is 14. The molecule has 1 N–H and O–H groups in total. The first-order chi connectivity index (χ1) is 23.5. The third-order valence-electron chi connectivity index (χ3n) is 13.7. The Balaban J connectivity index is 1.12. The molecule has 10 atom stereocenters. The van der Waals surface area contributed by atoms with Crippen molar-refractivity contribution in [2.75, 3.05) is 6.54 Å². The van der Waals surface area contributed by atoms with Gasteiger partial charge >= 0.3 is 0 Å².